The monoisotopic (exact) mass is 239 g/mol. The fourth-order valence-electron chi connectivity index (χ4n) is 1.84. The molecule has 0 saturated carbocycles. The maximum atomic E-state index is 12.2. The maximum Gasteiger partial charge on any atom is 0.256 e. The van der Waals surface area contributed by atoms with Crippen LogP contribution in [0.15, 0.2) is 6.07 Å². The molecule has 0 radical (unpaired) electrons. The van der Waals surface area contributed by atoms with E-state index < -0.39 is 0 Å². The number of nitrogens with two attached hydrogens (primary N) is 1. The van der Waals surface area contributed by atoms with Gasteiger partial charge in [0, 0.05) is 31.1 Å². The minimum atomic E-state index is 0.0787. The average molecular weight is 239 g/mol. The highest BCUT2D eigenvalue weighted by molar-refractivity contribution is 7.16. The van der Waals surface area contributed by atoms with Gasteiger partial charge in [0.2, 0.25) is 0 Å². The summed E-state index contributed by atoms with van der Waals surface area (Å²) in [5, 5.41) is 3.88. The second-order valence-corrected chi connectivity index (χ2v) is 5.05. The van der Waals surface area contributed by atoms with Crippen LogP contribution >= 0.6 is 11.3 Å². The lowest BCUT2D eigenvalue weighted by Crippen LogP contribution is -2.46. The molecule has 2 rings (SSSR count). The Morgan fingerprint density at radius 2 is 2.25 bits per heavy atom. The predicted molar refractivity (Wildman–Crippen MR) is 66.9 cm³/mol. The zero-order chi connectivity index (χ0) is 11.5. The number of carbonyl (C=O) groups is 1. The van der Waals surface area contributed by atoms with Gasteiger partial charge in [-0.25, -0.2) is 0 Å². The van der Waals surface area contributed by atoms with Gasteiger partial charge in [0.15, 0.2) is 0 Å². The zero-order valence-electron chi connectivity index (χ0n) is 9.45. The largest absolute Gasteiger partial charge is 0.390 e. The first kappa shape index (κ1) is 11.4. The first-order valence-electron chi connectivity index (χ1n) is 5.60. The van der Waals surface area contributed by atoms with Crippen molar-refractivity contribution in [2.45, 2.75) is 13.3 Å². The van der Waals surface area contributed by atoms with Crippen LogP contribution in [0.4, 0.5) is 5.00 Å². The van der Waals surface area contributed by atoms with Crippen molar-refractivity contribution in [3.8, 4) is 0 Å². The molecule has 1 aliphatic heterocycles. The zero-order valence-corrected chi connectivity index (χ0v) is 10.3. The van der Waals surface area contributed by atoms with E-state index in [0.29, 0.717) is 10.6 Å². The number of hydrogen-bond donors (Lipinski definition) is 2. The number of nitrogens with zero attached hydrogens (tertiary/aromatic N) is 1. The number of nitrogen functional groups attached to an aromatic ring is 1. The quantitative estimate of drug-likeness (QED) is 0.807. The minimum Gasteiger partial charge on any atom is -0.390 e. The fourth-order valence-corrected chi connectivity index (χ4v) is 2.70. The van der Waals surface area contributed by atoms with Crippen molar-refractivity contribution in [1.29, 1.82) is 0 Å². The lowest BCUT2D eigenvalue weighted by Gasteiger charge is -2.27. The molecule has 0 atom stereocenters. The topological polar surface area (TPSA) is 58.4 Å². The molecule has 1 aromatic heterocycles. The van der Waals surface area contributed by atoms with Crippen molar-refractivity contribution in [2.24, 2.45) is 0 Å². The average Bonchev–Trinajstić information content (AvgIpc) is 2.71. The van der Waals surface area contributed by atoms with Crippen LogP contribution in [0.5, 0.6) is 0 Å². The van der Waals surface area contributed by atoms with Gasteiger partial charge in [-0.05, 0) is 12.5 Å². The normalized spacial score (nSPS) is 16.4. The van der Waals surface area contributed by atoms with Crippen LogP contribution in [0, 0.1) is 0 Å². The third kappa shape index (κ3) is 2.20. The number of carbonyl (C=O) groups excluding carboxylic acids is 1. The SMILES string of the molecule is CCc1cc(C(=O)N2CCNCC2)c(N)s1. The van der Waals surface area contributed by atoms with Gasteiger partial charge >= 0.3 is 0 Å². The lowest BCUT2D eigenvalue weighted by molar-refractivity contribution is 0.0737. The number of piperazine rings is 1. The molecule has 0 bridgehead atoms. The Labute approximate surface area is 99.4 Å². The van der Waals surface area contributed by atoms with E-state index in [4.69, 9.17) is 5.73 Å². The van der Waals surface area contributed by atoms with Gasteiger partial charge in [0.25, 0.3) is 5.91 Å². The van der Waals surface area contributed by atoms with E-state index >= 15 is 0 Å². The first-order valence-corrected chi connectivity index (χ1v) is 6.42. The number of rotatable bonds is 2. The van der Waals surface area contributed by atoms with E-state index in [1.165, 1.54) is 16.2 Å². The molecule has 1 saturated heterocycles. The Balaban J connectivity index is 2.15. The molecular formula is C11H17N3OS. The van der Waals surface area contributed by atoms with E-state index in [1.54, 1.807) is 0 Å². The molecule has 5 heteroatoms. The summed E-state index contributed by atoms with van der Waals surface area (Å²) in [6, 6.07) is 1.93. The molecule has 0 unspecified atom stereocenters. The summed E-state index contributed by atoms with van der Waals surface area (Å²) in [4.78, 5) is 15.2. The van der Waals surface area contributed by atoms with Crippen LogP contribution in [0.2, 0.25) is 0 Å². The van der Waals surface area contributed by atoms with Crippen LogP contribution in [0.3, 0.4) is 0 Å². The Morgan fingerprint density at radius 3 is 2.81 bits per heavy atom. The number of amides is 1. The highest BCUT2D eigenvalue weighted by Crippen LogP contribution is 2.26. The summed E-state index contributed by atoms with van der Waals surface area (Å²) >= 11 is 1.52. The summed E-state index contributed by atoms with van der Waals surface area (Å²) in [6.45, 7) is 5.36. The minimum absolute atomic E-state index is 0.0787. The van der Waals surface area contributed by atoms with Crippen LogP contribution in [-0.2, 0) is 6.42 Å². The molecule has 0 spiro atoms. The molecular weight excluding hydrogens is 222 g/mol. The van der Waals surface area contributed by atoms with Crippen molar-refractivity contribution in [3.63, 3.8) is 0 Å². The number of hydrogen-bond acceptors (Lipinski definition) is 4. The molecule has 1 fully saturated rings. The van der Waals surface area contributed by atoms with Crippen molar-refractivity contribution in [2.75, 3.05) is 31.9 Å². The molecule has 88 valence electrons. The van der Waals surface area contributed by atoms with Gasteiger partial charge in [-0.2, -0.15) is 0 Å². The standard InChI is InChI=1S/C11H17N3OS/c1-2-8-7-9(10(12)16-8)11(15)14-5-3-13-4-6-14/h7,13H,2-6,12H2,1H3. The smallest absolute Gasteiger partial charge is 0.256 e. The third-order valence-corrected chi connectivity index (χ3v) is 3.90. The van der Waals surface area contributed by atoms with E-state index in [9.17, 15) is 4.79 Å². The van der Waals surface area contributed by atoms with Crippen LogP contribution in [0.25, 0.3) is 0 Å². The fraction of sp³-hybridized carbons (Fsp3) is 0.545. The van der Waals surface area contributed by atoms with Gasteiger partial charge in [-0.3, -0.25) is 4.79 Å². The van der Waals surface area contributed by atoms with E-state index in [2.05, 4.69) is 12.2 Å². The number of thiophene rings is 1. The molecule has 1 aromatic rings. The molecule has 1 amide bonds. The van der Waals surface area contributed by atoms with Crippen LogP contribution < -0.4 is 11.1 Å². The lowest BCUT2D eigenvalue weighted by atomic mass is 10.2. The summed E-state index contributed by atoms with van der Waals surface area (Å²) in [7, 11) is 0. The maximum absolute atomic E-state index is 12.2. The Bertz CT molecular complexity index is 383. The number of anilines is 1. The number of aryl methyl sites for hydroxylation is 1. The Hall–Kier alpha value is -1.07. The molecule has 0 aromatic carbocycles. The third-order valence-electron chi connectivity index (χ3n) is 2.79. The molecule has 0 aliphatic carbocycles. The van der Waals surface area contributed by atoms with Gasteiger partial charge in [-0.15, -0.1) is 11.3 Å². The summed E-state index contributed by atoms with van der Waals surface area (Å²) in [5.41, 5.74) is 6.56. The predicted octanol–water partition coefficient (Wildman–Crippen LogP) is 0.938. The van der Waals surface area contributed by atoms with Crippen molar-refractivity contribution < 1.29 is 4.79 Å². The van der Waals surface area contributed by atoms with Gasteiger partial charge in [0.05, 0.1) is 10.6 Å². The van der Waals surface area contributed by atoms with E-state index in [1.807, 2.05) is 11.0 Å². The second kappa shape index (κ2) is 4.84. The highest BCUT2D eigenvalue weighted by atomic mass is 32.1. The second-order valence-electron chi connectivity index (χ2n) is 3.89. The molecule has 3 N–H and O–H groups in total. The Morgan fingerprint density at radius 1 is 1.56 bits per heavy atom. The van der Waals surface area contributed by atoms with E-state index in [-0.39, 0.29) is 5.91 Å². The Kier molecular flexibility index (Phi) is 3.46. The molecule has 4 nitrogen and oxygen atoms in total. The molecule has 1 aliphatic rings. The van der Waals surface area contributed by atoms with Crippen molar-refractivity contribution in [1.82, 2.24) is 10.2 Å². The van der Waals surface area contributed by atoms with E-state index in [0.717, 1.165) is 32.6 Å². The molecule has 16 heavy (non-hydrogen) atoms. The molecule has 2 heterocycles. The first-order chi connectivity index (χ1) is 7.72. The van der Waals surface area contributed by atoms with Gasteiger partial charge < -0.3 is 16.0 Å². The van der Waals surface area contributed by atoms with Crippen LogP contribution in [0.1, 0.15) is 22.2 Å². The summed E-state index contributed by atoms with van der Waals surface area (Å²) in [5.74, 6) is 0.0787. The van der Waals surface area contributed by atoms with Crippen molar-refractivity contribution >= 4 is 22.2 Å². The van der Waals surface area contributed by atoms with Crippen LogP contribution in [-0.4, -0.2) is 37.0 Å². The summed E-state index contributed by atoms with van der Waals surface area (Å²) < 4.78 is 0. The number of nitrogens with one attached hydrogen (secondary N) is 1. The summed E-state index contributed by atoms with van der Waals surface area (Å²) in [6.07, 6.45) is 0.934. The highest BCUT2D eigenvalue weighted by Gasteiger charge is 2.21. The van der Waals surface area contributed by atoms with Gasteiger partial charge in [0.1, 0.15) is 0 Å². The van der Waals surface area contributed by atoms with Gasteiger partial charge in [-0.1, -0.05) is 6.92 Å². The van der Waals surface area contributed by atoms with Crippen molar-refractivity contribution in [3.05, 3.63) is 16.5 Å².